The summed E-state index contributed by atoms with van der Waals surface area (Å²) in [5.74, 6) is -1.25. The summed E-state index contributed by atoms with van der Waals surface area (Å²) in [6, 6.07) is 0. The van der Waals surface area contributed by atoms with Crippen LogP contribution in [0.1, 0.15) is 0 Å². The van der Waals surface area contributed by atoms with Crippen molar-refractivity contribution in [1.82, 2.24) is 0 Å². The summed E-state index contributed by atoms with van der Waals surface area (Å²) in [7, 11) is 0. The summed E-state index contributed by atoms with van der Waals surface area (Å²) in [5, 5.41) is 8.76. The quantitative estimate of drug-likeness (QED) is 0.420. The van der Waals surface area contributed by atoms with Gasteiger partial charge in [0, 0.05) is 0 Å². The van der Waals surface area contributed by atoms with Gasteiger partial charge >= 0.3 is 5.97 Å². The first-order chi connectivity index (χ1) is 3.31. The molecule has 0 spiro atoms. The zero-order chi connectivity index (χ0) is 4.91. The smallest absolute Gasteiger partial charge is 0.357 e. The van der Waals surface area contributed by atoms with Crippen LogP contribution < -0.4 is 0 Å². The number of ether oxygens (including phenoxy) is 2. The van der Waals surface area contributed by atoms with Crippen LogP contribution in [0.15, 0.2) is 12.3 Å². The van der Waals surface area contributed by atoms with Gasteiger partial charge in [0.2, 0.25) is 0 Å². The van der Waals surface area contributed by atoms with Crippen molar-refractivity contribution in [3.8, 4) is 0 Å². The standard InChI is InChI=1S/C4H4O3/c5-4-3(7-4)1-2-6-4/h1-3,5H/t3?,4-/m0/s1. The number of rotatable bonds is 0. The van der Waals surface area contributed by atoms with Gasteiger partial charge in [-0.1, -0.05) is 0 Å². The fourth-order valence-electron chi connectivity index (χ4n) is 0.612. The highest BCUT2D eigenvalue weighted by Crippen LogP contribution is 2.40. The zero-order valence-electron chi connectivity index (χ0n) is 3.50. The van der Waals surface area contributed by atoms with E-state index >= 15 is 0 Å². The maximum absolute atomic E-state index is 8.76. The Morgan fingerprint density at radius 2 is 2.57 bits per heavy atom. The van der Waals surface area contributed by atoms with E-state index in [9.17, 15) is 0 Å². The maximum atomic E-state index is 8.76. The second-order valence-corrected chi connectivity index (χ2v) is 1.62. The van der Waals surface area contributed by atoms with E-state index in [0.29, 0.717) is 0 Å². The van der Waals surface area contributed by atoms with E-state index in [1.54, 1.807) is 6.08 Å². The van der Waals surface area contributed by atoms with Crippen LogP contribution >= 0.6 is 0 Å². The van der Waals surface area contributed by atoms with E-state index in [-0.39, 0.29) is 6.10 Å². The number of hydrogen-bond donors (Lipinski definition) is 1. The van der Waals surface area contributed by atoms with Crippen LogP contribution in [0.4, 0.5) is 0 Å². The molecule has 7 heavy (non-hydrogen) atoms. The molecule has 0 aromatic heterocycles. The Bertz CT molecular complexity index is 131. The van der Waals surface area contributed by atoms with Crippen LogP contribution in [0.5, 0.6) is 0 Å². The van der Waals surface area contributed by atoms with Gasteiger partial charge in [-0.3, -0.25) is 4.74 Å². The van der Waals surface area contributed by atoms with Crippen LogP contribution in [0, 0.1) is 0 Å². The third-order valence-electron chi connectivity index (χ3n) is 1.09. The molecule has 2 aliphatic heterocycles. The van der Waals surface area contributed by atoms with Crippen LogP contribution in [-0.2, 0) is 9.47 Å². The highest BCUT2D eigenvalue weighted by atomic mass is 16.9. The molecule has 2 heterocycles. The predicted molar refractivity (Wildman–Crippen MR) is 20.0 cm³/mol. The molecule has 1 fully saturated rings. The number of epoxide rings is 1. The fraction of sp³-hybridized carbons (Fsp3) is 0.500. The maximum Gasteiger partial charge on any atom is 0.357 e. The summed E-state index contributed by atoms with van der Waals surface area (Å²) in [6.45, 7) is 0. The van der Waals surface area contributed by atoms with E-state index in [1.165, 1.54) is 6.26 Å². The molecule has 1 N–H and O–H groups in total. The SMILES string of the molecule is O[C@]12OC=CC1O2. The number of fused-ring (bicyclic) bond motifs is 1. The Hall–Kier alpha value is -0.540. The first-order valence-electron chi connectivity index (χ1n) is 2.06. The molecule has 2 rings (SSSR count). The first kappa shape index (κ1) is 3.46. The minimum Gasteiger partial charge on any atom is -0.445 e. The zero-order valence-corrected chi connectivity index (χ0v) is 3.50. The molecule has 0 aromatic rings. The van der Waals surface area contributed by atoms with Gasteiger partial charge in [-0.15, -0.1) is 0 Å². The fourth-order valence-corrected chi connectivity index (χ4v) is 0.612. The molecule has 3 heteroatoms. The van der Waals surface area contributed by atoms with Crippen molar-refractivity contribution in [1.29, 1.82) is 0 Å². The second-order valence-electron chi connectivity index (χ2n) is 1.62. The van der Waals surface area contributed by atoms with Crippen molar-refractivity contribution in [3.05, 3.63) is 12.3 Å². The average Bonchev–Trinajstić information content (AvgIpc) is 2.09. The summed E-state index contributed by atoms with van der Waals surface area (Å²) in [5.41, 5.74) is 0. The van der Waals surface area contributed by atoms with Gasteiger partial charge in [-0.25, -0.2) is 0 Å². The van der Waals surface area contributed by atoms with Crippen molar-refractivity contribution in [3.63, 3.8) is 0 Å². The second kappa shape index (κ2) is 0.700. The van der Waals surface area contributed by atoms with Gasteiger partial charge in [-0.2, -0.15) is 0 Å². The minimum atomic E-state index is -1.25. The summed E-state index contributed by atoms with van der Waals surface area (Å²) < 4.78 is 9.15. The van der Waals surface area contributed by atoms with Gasteiger partial charge in [0.15, 0.2) is 6.10 Å². The van der Waals surface area contributed by atoms with Crippen LogP contribution in [0.25, 0.3) is 0 Å². The molecule has 2 aliphatic rings. The van der Waals surface area contributed by atoms with E-state index in [4.69, 9.17) is 5.11 Å². The summed E-state index contributed by atoms with van der Waals surface area (Å²) in [4.78, 5) is 0. The summed E-state index contributed by atoms with van der Waals surface area (Å²) >= 11 is 0. The molecule has 0 saturated carbocycles. The molecule has 0 aromatic carbocycles. The lowest BCUT2D eigenvalue weighted by Gasteiger charge is -1.95. The normalized spacial score (nSPS) is 53.6. The lowest BCUT2D eigenvalue weighted by atomic mass is 10.4. The lowest BCUT2D eigenvalue weighted by molar-refractivity contribution is -0.153. The average molecular weight is 100 g/mol. The van der Waals surface area contributed by atoms with Gasteiger partial charge in [0.25, 0.3) is 0 Å². The van der Waals surface area contributed by atoms with Crippen molar-refractivity contribution in [2.75, 3.05) is 0 Å². The van der Waals surface area contributed by atoms with E-state index < -0.39 is 5.97 Å². The predicted octanol–water partition coefficient (Wildman–Crippen LogP) is -0.425. The van der Waals surface area contributed by atoms with Crippen LogP contribution in [0.3, 0.4) is 0 Å². The Morgan fingerprint density at radius 3 is 2.71 bits per heavy atom. The Kier molecular flexibility index (Phi) is 0.346. The largest absolute Gasteiger partial charge is 0.445 e. The molecular formula is C4H4O3. The van der Waals surface area contributed by atoms with Gasteiger partial charge in [0.1, 0.15) is 0 Å². The molecule has 0 aliphatic carbocycles. The molecule has 2 atom stereocenters. The number of aliphatic hydroxyl groups is 1. The van der Waals surface area contributed by atoms with Gasteiger partial charge < -0.3 is 9.84 Å². The third-order valence-corrected chi connectivity index (χ3v) is 1.09. The third kappa shape index (κ3) is 0.273. The Balaban J connectivity index is 2.28. The monoisotopic (exact) mass is 100 g/mol. The first-order valence-corrected chi connectivity index (χ1v) is 2.06. The topological polar surface area (TPSA) is 42.0 Å². The van der Waals surface area contributed by atoms with Gasteiger partial charge in [-0.05, 0) is 6.08 Å². The van der Waals surface area contributed by atoms with Crippen LogP contribution in [0.2, 0.25) is 0 Å². The Labute approximate surface area is 40.2 Å². The summed E-state index contributed by atoms with van der Waals surface area (Å²) in [6.07, 6.45) is 2.92. The highest BCUT2D eigenvalue weighted by Gasteiger charge is 2.60. The van der Waals surface area contributed by atoms with Crippen molar-refractivity contribution in [2.45, 2.75) is 12.1 Å². The van der Waals surface area contributed by atoms with Crippen molar-refractivity contribution < 1.29 is 14.6 Å². The van der Waals surface area contributed by atoms with Crippen molar-refractivity contribution in [2.24, 2.45) is 0 Å². The molecule has 0 amide bonds. The number of hydrogen-bond acceptors (Lipinski definition) is 3. The molecule has 1 saturated heterocycles. The molecule has 0 radical (unpaired) electrons. The van der Waals surface area contributed by atoms with Gasteiger partial charge in [0.05, 0.1) is 6.26 Å². The molecule has 1 unspecified atom stereocenters. The highest BCUT2D eigenvalue weighted by molar-refractivity contribution is 5.07. The van der Waals surface area contributed by atoms with Crippen molar-refractivity contribution >= 4 is 0 Å². The molecular weight excluding hydrogens is 96.0 g/mol. The molecule has 38 valence electrons. The van der Waals surface area contributed by atoms with E-state index in [1.807, 2.05) is 0 Å². The molecule has 3 nitrogen and oxygen atoms in total. The Morgan fingerprint density at radius 1 is 1.71 bits per heavy atom. The molecule has 0 bridgehead atoms. The van der Waals surface area contributed by atoms with E-state index in [0.717, 1.165) is 0 Å². The van der Waals surface area contributed by atoms with Crippen LogP contribution in [-0.4, -0.2) is 17.2 Å². The lowest BCUT2D eigenvalue weighted by Crippen LogP contribution is -2.09. The van der Waals surface area contributed by atoms with E-state index in [2.05, 4.69) is 9.47 Å². The minimum absolute atomic E-state index is 0.188.